The van der Waals surface area contributed by atoms with Crippen molar-refractivity contribution in [3.63, 3.8) is 0 Å². The monoisotopic (exact) mass is 558 g/mol. The summed E-state index contributed by atoms with van der Waals surface area (Å²) in [5, 5.41) is 6.02. The number of methoxy groups -OCH3 is 1. The Morgan fingerprint density at radius 3 is 2.46 bits per heavy atom. The smallest absolute Gasteiger partial charge is 0.336 e. The molecule has 0 radical (unpaired) electrons. The highest BCUT2D eigenvalue weighted by Gasteiger charge is 2.10. The van der Waals surface area contributed by atoms with Gasteiger partial charge in [0.15, 0.2) is 18.1 Å². The SMILES string of the molecule is COc1cc(/C=N\NC(=O)COc2ccc3ccccc3c2Br)ccc1OC(=O)/C=C/c1ccccc1. The van der Waals surface area contributed by atoms with Crippen molar-refractivity contribution in [1.29, 1.82) is 0 Å². The molecule has 186 valence electrons. The van der Waals surface area contributed by atoms with E-state index in [0.717, 1.165) is 20.8 Å². The van der Waals surface area contributed by atoms with E-state index in [0.29, 0.717) is 17.1 Å². The van der Waals surface area contributed by atoms with Gasteiger partial charge < -0.3 is 14.2 Å². The number of carbonyl (C=O) groups excluding carboxylic acids is 2. The summed E-state index contributed by atoms with van der Waals surface area (Å²) in [7, 11) is 1.47. The molecule has 0 unspecified atom stereocenters. The molecule has 4 rings (SSSR count). The fourth-order valence-corrected chi connectivity index (χ4v) is 4.01. The van der Waals surface area contributed by atoms with Crippen LogP contribution in [0.2, 0.25) is 0 Å². The number of carbonyl (C=O) groups is 2. The number of rotatable bonds is 9. The van der Waals surface area contributed by atoms with E-state index in [-0.39, 0.29) is 12.4 Å². The van der Waals surface area contributed by atoms with Crippen LogP contribution in [-0.4, -0.2) is 31.8 Å². The summed E-state index contributed by atoms with van der Waals surface area (Å²) in [5.41, 5.74) is 3.95. The van der Waals surface area contributed by atoms with E-state index in [2.05, 4.69) is 26.5 Å². The van der Waals surface area contributed by atoms with E-state index >= 15 is 0 Å². The highest BCUT2D eigenvalue weighted by molar-refractivity contribution is 9.10. The second-order valence-electron chi connectivity index (χ2n) is 7.76. The highest BCUT2D eigenvalue weighted by Crippen LogP contribution is 2.33. The number of esters is 1. The number of nitrogens with one attached hydrogen (secondary N) is 1. The molecule has 0 saturated carbocycles. The number of halogens is 1. The highest BCUT2D eigenvalue weighted by atomic mass is 79.9. The molecule has 0 aliphatic heterocycles. The topological polar surface area (TPSA) is 86.2 Å². The molecule has 0 aliphatic rings. The molecule has 1 N–H and O–H groups in total. The largest absolute Gasteiger partial charge is 0.493 e. The normalized spacial score (nSPS) is 11.1. The summed E-state index contributed by atoms with van der Waals surface area (Å²) in [5.74, 6) is 0.223. The van der Waals surface area contributed by atoms with Gasteiger partial charge in [-0.2, -0.15) is 5.10 Å². The Morgan fingerprint density at radius 2 is 1.65 bits per heavy atom. The van der Waals surface area contributed by atoms with Crippen LogP contribution in [0.5, 0.6) is 17.2 Å². The molecule has 0 bridgehead atoms. The summed E-state index contributed by atoms with van der Waals surface area (Å²) < 4.78 is 17.1. The zero-order valence-corrected chi connectivity index (χ0v) is 21.5. The molecule has 37 heavy (non-hydrogen) atoms. The molecule has 7 nitrogen and oxygen atoms in total. The van der Waals surface area contributed by atoms with E-state index < -0.39 is 11.9 Å². The molecule has 0 fully saturated rings. The van der Waals surface area contributed by atoms with Crippen LogP contribution < -0.4 is 19.6 Å². The molecule has 4 aromatic carbocycles. The number of nitrogens with zero attached hydrogens (tertiary/aromatic N) is 1. The molecule has 0 aliphatic carbocycles. The zero-order chi connectivity index (χ0) is 26.0. The maximum Gasteiger partial charge on any atom is 0.336 e. The summed E-state index contributed by atoms with van der Waals surface area (Å²) in [6.45, 7) is -0.205. The van der Waals surface area contributed by atoms with Crippen molar-refractivity contribution < 1.29 is 23.8 Å². The van der Waals surface area contributed by atoms with Crippen LogP contribution in [0.3, 0.4) is 0 Å². The molecule has 0 spiro atoms. The van der Waals surface area contributed by atoms with Gasteiger partial charge in [0.05, 0.1) is 17.8 Å². The Kier molecular flexibility index (Phi) is 8.67. The fourth-order valence-electron chi connectivity index (χ4n) is 3.40. The number of hydrogen-bond acceptors (Lipinski definition) is 6. The Labute approximate surface area is 222 Å². The van der Waals surface area contributed by atoms with E-state index in [9.17, 15) is 9.59 Å². The fraction of sp³-hybridized carbons (Fsp3) is 0.0690. The summed E-state index contributed by atoms with van der Waals surface area (Å²) >= 11 is 3.54. The lowest BCUT2D eigenvalue weighted by Crippen LogP contribution is -2.24. The average Bonchev–Trinajstić information content (AvgIpc) is 2.93. The Morgan fingerprint density at radius 1 is 0.892 bits per heavy atom. The molecule has 1 amide bonds. The molecular weight excluding hydrogens is 536 g/mol. The molecular formula is C29H23BrN2O5. The number of hydrazone groups is 1. The molecule has 0 heterocycles. The van der Waals surface area contributed by atoms with Gasteiger partial charge in [-0.3, -0.25) is 4.79 Å². The molecule has 4 aromatic rings. The average molecular weight is 559 g/mol. The first-order valence-electron chi connectivity index (χ1n) is 11.3. The Bertz CT molecular complexity index is 1470. The third-order valence-corrected chi connectivity index (χ3v) is 6.02. The van der Waals surface area contributed by atoms with Gasteiger partial charge in [0.1, 0.15) is 5.75 Å². The summed E-state index contributed by atoms with van der Waals surface area (Å²) in [4.78, 5) is 24.4. The van der Waals surface area contributed by atoms with E-state index in [4.69, 9.17) is 14.2 Å². The third kappa shape index (κ3) is 7.05. The minimum absolute atomic E-state index is 0.205. The van der Waals surface area contributed by atoms with Crippen molar-refractivity contribution in [1.82, 2.24) is 5.43 Å². The van der Waals surface area contributed by atoms with Crippen LogP contribution in [-0.2, 0) is 9.59 Å². The lowest BCUT2D eigenvalue weighted by molar-refractivity contribution is -0.129. The van der Waals surface area contributed by atoms with Gasteiger partial charge in [-0.1, -0.05) is 60.7 Å². The van der Waals surface area contributed by atoms with Crippen LogP contribution >= 0.6 is 15.9 Å². The zero-order valence-electron chi connectivity index (χ0n) is 19.9. The van der Waals surface area contributed by atoms with E-state index in [1.165, 1.54) is 19.4 Å². The Hall–Kier alpha value is -4.43. The minimum Gasteiger partial charge on any atom is -0.493 e. The van der Waals surface area contributed by atoms with Crippen LogP contribution in [0, 0.1) is 0 Å². The first-order chi connectivity index (χ1) is 18.0. The molecule has 0 saturated heterocycles. The standard InChI is InChI=1S/C29H23BrN2O5/c1-35-26-17-21(11-14-24(26)37-28(34)16-12-20-7-3-2-4-8-20)18-31-32-27(33)19-36-25-15-13-22-9-5-6-10-23(22)29(25)30/h2-18H,19H2,1H3,(H,32,33)/b16-12+,31-18-. The summed E-state index contributed by atoms with van der Waals surface area (Å²) in [6, 6.07) is 25.9. The lowest BCUT2D eigenvalue weighted by atomic mass is 10.1. The van der Waals surface area contributed by atoms with Crippen molar-refractivity contribution in [2.45, 2.75) is 0 Å². The van der Waals surface area contributed by atoms with Gasteiger partial charge in [0.2, 0.25) is 0 Å². The lowest BCUT2D eigenvalue weighted by Gasteiger charge is -2.10. The van der Waals surface area contributed by atoms with E-state index in [1.54, 1.807) is 30.3 Å². The van der Waals surface area contributed by atoms with Gasteiger partial charge in [0, 0.05) is 6.08 Å². The number of fused-ring (bicyclic) bond motifs is 1. The number of amides is 1. The van der Waals surface area contributed by atoms with Crippen LogP contribution in [0.15, 0.2) is 101 Å². The van der Waals surface area contributed by atoms with Gasteiger partial charge in [-0.15, -0.1) is 0 Å². The number of benzene rings is 4. The van der Waals surface area contributed by atoms with Crippen molar-refractivity contribution >= 4 is 50.9 Å². The molecule has 8 heteroatoms. The maximum atomic E-state index is 12.2. The van der Waals surface area contributed by atoms with Gasteiger partial charge >= 0.3 is 5.97 Å². The molecule has 0 aromatic heterocycles. The van der Waals surface area contributed by atoms with Crippen LogP contribution in [0.4, 0.5) is 0 Å². The second-order valence-corrected chi connectivity index (χ2v) is 8.55. The summed E-state index contributed by atoms with van der Waals surface area (Å²) in [6.07, 6.45) is 4.46. The van der Waals surface area contributed by atoms with E-state index in [1.807, 2.05) is 60.7 Å². The quantitative estimate of drug-likeness (QED) is 0.0927. The second kappa shape index (κ2) is 12.5. The number of hydrogen-bond donors (Lipinski definition) is 1. The third-order valence-electron chi connectivity index (χ3n) is 5.20. The van der Waals surface area contributed by atoms with Crippen LogP contribution in [0.1, 0.15) is 11.1 Å². The van der Waals surface area contributed by atoms with Crippen LogP contribution in [0.25, 0.3) is 16.8 Å². The van der Waals surface area contributed by atoms with Crippen molar-refractivity contribution in [2.75, 3.05) is 13.7 Å². The van der Waals surface area contributed by atoms with Gasteiger partial charge in [0.25, 0.3) is 5.91 Å². The first-order valence-corrected chi connectivity index (χ1v) is 12.1. The van der Waals surface area contributed by atoms with Crippen molar-refractivity contribution in [3.05, 3.63) is 107 Å². The van der Waals surface area contributed by atoms with Crippen molar-refractivity contribution in [3.8, 4) is 17.2 Å². The number of ether oxygens (including phenoxy) is 3. The molecule has 0 atom stereocenters. The minimum atomic E-state index is -0.533. The Balaban J connectivity index is 1.31. The predicted molar refractivity (Wildman–Crippen MR) is 147 cm³/mol. The van der Waals surface area contributed by atoms with Gasteiger partial charge in [-0.25, -0.2) is 10.2 Å². The first kappa shape index (κ1) is 25.7. The predicted octanol–water partition coefficient (Wildman–Crippen LogP) is 5.76. The maximum absolute atomic E-state index is 12.2. The van der Waals surface area contributed by atoms with Crippen molar-refractivity contribution in [2.24, 2.45) is 5.10 Å². The van der Waals surface area contributed by atoms with Gasteiger partial charge in [-0.05, 0) is 68.2 Å².